The van der Waals surface area contributed by atoms with Crippen molar-refractivity contribution in [2.45, 2.75) is 25.9 Å². The van der Waals surface area contributed by atoms with Gasteiger partial charge in [0.25, 0.3) is 0 Å². The Labute approximate surface area is 102 Å². The van der Waals surface area contributed by atoms with Crippen molar-refractivity contribution >= 4 is 12.0 Å². The average Bonchev–Trinajstić information content (AvgIpc) is 2.26. The number of nitrogens with one attached hydrogen (secondary N) is 1. The number of rotatable bonds is 2. The van der Waals surface area contributed by atoms with Crippen LogP contribution in [0.15, 0.2) is 0 Å². The van der Waals surface area contributed by atoms with Gasteiger partial charge in [0.15, 0.2) is 0 Å². The van der Waals surface area contributed by atoms with Gasteiger partial charge < -0.3 is 15.3 Å². The van der Waals surface area contributed by atoms with E-state index in [-0.39, 0.29) is 25.9 Å². The van der Waals surface area contributed by atoms with Crippen LogP contribution in [0.5, 0.6) is 0 Å². The van der Waals surface area contributed by atoms with Crippen molar-refractivity contribution in [1.29, 1.82) is 0 Å². The van der Waals surface area contributed by atoms with Crippen LogP contribution in [0.25, 0.3) is 0 Å². The lowest BCUT2D eigenvalue weighted by Crippen LogP contribution is -2.50. The third kappa shape index (κ3) is 3.78. The molecule has 0 spiro atoms. The summed E-state index contributed by atoms with van der Waals surface area (Å²) in [7, 11) is 0. The first-order valence-electron chi connectivity index (χ1n) is 5.47. The maximum absolute atomic E-state index is 11.9. The highest BCUT2D eigenvalue weighted by Gasteiger charge is 2.38. The summed E-state index contributed by atoms with van der Waals surface area (Å²) in [6.07, 6.45) is -3.97. The minimum Gasteiger partial charge on any atom is -0.481 e. The summed E-state index contributed by atoms with van der Waals surface area (Å²) in [5.74, 6) is -0.946. The molecule has 0 aromatic carbocycles. The number of aliphatic carboxylic acids is 1. The van der Waals surface area contributed by atoms with Crippen LogP contribution < -0.4 is 5.32 Å². The second kappa shape index (κ2) is 5.03. The molecule has 0 unspecified atom stereocenters. The third-order valence-corrected chi connectivity index (χ3v) is 3.11. The average molecular weight is 268 g/mol. The van der Waals surface area contributed by atoms with Gasteiger partial charge in [0.2, 0.25) is 0 Å². The van der Waals surface area contributed by atoms with E-state index in [0.29, 0.717) is 0 Å². The fraction of sp³-hybridized carbons (Fsp3) is 0.800. The zero-order valence-electron chi connectivity index (χ0n) is 9.88. The van der Waals surface area contributed by atoms with E-state index >= 15 is 0 Å². The Balaban J connectivity index is 2.43. The van der Waals surface area contributed by atoms with Gasteiger partial charge in [-0.2, -0.15) is 13.2 Å². The molecule has 0 aromatic heterocycles. The van der Waals surface area contributed by atoms with Crippen molar-refractivity contribution in [2.75, 3.05) is 19.6 Å². The Morgan fingerprint density at radius 3 is 2.22 bits per heavy atom. The molecule has 2 amide bonds. The highest BCUT2D eigenvalue weighted by Crippen LogP contribution is 2.30. The van der Waals surface area contributed by atoms with Crippen LogP contribution >= 0.6 is 0 Å². The first-order valence-corrected chi connectivity index (χ1v) is 5.47. The molecular weight excluding hydrogens is 253 g/mol. The number of carbonyl (C=O) groups is 2. The van der Waals surface area contributed by atoms with Gasteiger partial charge in [-0.25, -0.2) is 4.79 Å². The summed E-state index contributed by atoms with van der Waals surface area (Å²) in [6.45, 7) is 0.484. The SMILES string of the molecule is CC1(C(=O)O)CCN(C(=O)NCC(F)(F)F)CC1. The minimum absolute atomic E-state index is 0.145. The molecule has 1 heterocycles. The molecule has 0 atom stereocenters. The molecular formula is C10H15F3N2O3. The number of urea groups is 1. The molecule has 0 bridgehead atoms. The molecule has 2 N–H and O–H groups in total. The molecule has 104 valence electrons. The number of carboxylic acid groups (broad SMARTS) is 1. The van der Waals surface area contributed by atoms with Gasteiger partial charge in [0.05, 0.1) is 5.41 Å². The topological polar surface area (TPSA) is 69.6 Å². The van der Waals surface area contributed by atoms with Crippen molar-refractivity contribution in [3.8, 4) is 0 Å². The number of alkyl halides is 3. The maximum atomic E-state index is 11.9. The third-order valence-electron chi connectivity index (χ3n) is 3.11. The lowest BCUT2D eigenvalue weighted by molar-refractivity contribution is -0.150. The van der Waals surface area contributed by atoms with Crippen molar-refractivity contribution in [3.05, 3.63) is 0 Å². The smallest absolute Gasteiger partial charge is 0.405 e. The number of hydrogen-bond acceptors (Lipinski definition) is 2. The second-order valence-corrected chi connectivity index (χ2v) is 4.63. The van der Waals surface area contributed by atoms with E-state index in [9.17, 15) is 22.8 Å². The van der Waals surface area contributed by atoms with Crippen LogP contribution in [0.3, 0.4) is 0 Å². The van der Waals surface area contributed by atoms with Crippen molar-refractivity contribution in [3.63, 3.8) is 0 Å². The molecule has 18 heavy (non-hydrogen) atoms. The molecule has 0 saturated carbocycles. The zero-order valence-corrected chi connectivity index (χ0v) is 9.88. The van der Waals surface area contributed by atoms with Crippen LogP contribution in [0.2, 0.25) is 0 Å². The van der Waals surface area contributed by atoms with E-state index in [0.717, 1.165) is 0 Å². The van der Waals surface area contributed by atoms with Gasteiger partial charge in [0.1, 0.15) is 6.54 Å². The van der Waals surface area contributed by atoms with E-state index in [4.69, 9.17) is 5.11 Å². The van der Waals surface area contributed by atoms with E-state index in [1.54, 1.807) is 12.2 Å². The fourth-order valence-corrected chi connectivity index (χ4v) is 1.70. The van der Waals surface area contributed by atoms with Crippen molar-refractivity contribution < 1.29 is 27.9 Å². The number of carboxylic acids is 1. The van der Waals surface area contributed by atoms with E-state index < -0.39 is 30.1 Å². The maximum Gasteiger partial charge on any atom is 0.405 e. The number of amides is 2. The monoisotopic (exact) mass is 268 g/mol. The zero-order chi connectivity index (χ0) is 14.0. The Morgan fingerprint density at radius 2 is 1.83 bits per heavy atom. The van der Waals surface area contributed by atoms with Crippen LogP contribution in [-0.2, 0) is 4.79 Å². The molecule has 1 aliphatic rings. The summed E-state index contributed by atoms with van der Waals surface area (Å²) in [5, 5.41) is 10.7. The highest BCUT2D eigenvalue weighted by atomic mass is 19.4. The van der Waals surface area contributed by atoms with Gasteiger partial charge in [-0.1, -0.05) is 0 Å². The van der Waals surface area contributed by atoms with Crippen molar-refractivity contribution in [2.24, 2.45) is 5.41 Å². The lowest BCUT2D eigenvalue weighted by atomic mass is 9.80. The summed E-state index contributed by atoms with van der Waals surface area (Å²) >= 11 is 0. The molecule has 1 aliphatic heterocycles. The molecule has 1 rings (SSSR count). The largest absolute Gasteiger partial charge is 0.481 e. The Kier molecular flexibility index (Phi) is 4.08. The second-order valence-electron chi connectivity index (χ2n) is 4.63. The van der Waals surface area contributed by atoms with Gasteiger partial charge in [-0.15, -0.1) is 0 Å². The minimum atomic E-state index is -4.44. The fourth-order valence-electron chi connectivity index (χ4n) is 1.70. The van der Waals surface area contributed by atoms with Gasteiger partial charge in [0, 0.05) is 13.1 Å². The van der Waals surface area contributed by atoms with E-state index in [1.807, 2.05) is 0 Å². The van der Waals surface area contributed by atoms with Crippen LogP contribution in [0.4, 0.5) is 18.0 Å². The standard InChI is InChI=1S/C10H15F3N2O3/c1-9(7(16)17)2-4-15(5-3-9)8(18)14-6-10(11,12)13/h2-6H2,1H3,(H,14,18)(H,16,17). The quantitative estimate of drug-likeness (QED) is 0.796. The number of nitrogens with zero attached hydrogens (tertiary/aromatic N) is 1. The van der Waals surface area contributed by atoms with Crippen molar-refractivity contribution in [1.82, 2.24) is 10.2 Å². The van der Waals surface area contributed by atoms with Gasteiger partial charge >= 0.3 is 18.2 Å². The summed E-state index contributed by atoms with van der Waals surface area (Å²) < 4.78 is 35.7. The molecule has 5 nitrogen and oxygen atoms in total. The van der Waals surface area contributed by atoms with Crippen LogP contribution in [0.1, 0.15) is 19.8 Å². The number of carbonyl (C=O) groups excluding carboxylic acids is 1. The summed E-state index contributed by atoms with van der Waals surface area (Å²) in [4.78, 5) is 23.5. The molecule has 0 radical (unpaired) electrons. The number of piperidine rings is 1. The predicted molar refractivity (Wildman–Crippen MR) is 56.0 cm³/mol. The van der Waals surface area contributed by atoms with Gasteiger partial charge in [-0.05, 0) is 19.8 Å². The van der Waals surface area contributed by atoms with Crippen LogP contribution in [0, 0.1) is 5.41 Å². The van der Waals surface area contributed by atoms with E-state index in [1.165, 1.54) is 4.90 Å². The Morgan fingerprint density at radius 1 is 1.33 bits per heavy atom. The number of likely N-dealkylation sites (tertiary alicyclic amines) is 1. The first-order chi connectivity index (χ1) is 8.14. The predicted octanol–water partition coefficient (Wildman–Crippen LogP) is 1.44. The van der Waals surface area contributed by atoms with Gasteiger partial charge in [-0.3, -0.25) is 4.79 Å². The normalized spacial score (nSPS) is 19.4. The van der Waals surface area contributed by atoms with E-state index in [2.05, 4.69) is 0 Å². The first kappa shape index (κ1) is 14.6. The Bertz CT molecular complexity index is 336. The lowest BCUT2D eigenvalue weighted by Gasteiger charge is -2.36. The summed E-state index contributed by atoms with van der Waals surface area (Å²) in [5.41, 5.74) is -0.902. The number of hydrogen-bond donors (Lipinski definition) is 2. The van der Waals surface area contributed by atoms with Crippen LogP contribution in [-0.4, -0.2) is 47.8 Å². The Hall–Kier alpha value is -1.47. The molecule has 0 aromatic rings. The molecule has 0 aliphatic carbocycles. The molecule has 1 fully saturated rings. The summed E-state index contributed by atoms with van der Waals surface area (Å²) in [6, 6.07) is -0.806. The number of halogens is 3. The molecule has 8 heteroatoms. The highest BCUT2D eigenvalue weighted by molar-refractivity contribution is 5.77. The molecule has 1 saturated heterocycles.